The smallest absolute Gasteiger partial charge is 0.270 e. The Morgan fingerprint density at radius 1 is 0.974 bits per heavy atom. The van der Waals surface area contributed by atoms with Crippen LogP contribution >= 0.6 is 47.2 Å². The largest absolute Gasteiger partial charge is 0.494 e. The molecule has 0 unspecified atom stereocenters. The highest BCUT2D eigenvalue weighted by atomic mass is 35.5. The minimum Gasteiger partial charge on any atom is -0.494 e. The van der Waals surface area contributed by atoms with E-state index in [2.05, 4.69) is 18.7 Å². The first-order chi connectivity index (χ1) is 18.3. The second kappa shape index (κ2) is 12.9. The highest BCUT2D eigenvalue weighted by molar-refractivity contribution is 8.27. The van der Waals surface area contributed by atoms with Gasteiger partial charge in [0.1, 0.15) is 18.1 Å². The number of thioether (sulfide) groups is 1. The molecule has 0 aromatic heterocycles. The highest BCUT2D eigenvalue weighted by Crippen LogP contribution is 2.38. The average Bonchev–Trinajstić information content (AvgIpc) is 3.18. The molecule has 0 atom stereocenters. The fourth-order valence-corrected chi connectivity index (χ4v) is 5.79. The Labute approximate surface area is 243 Å². The molecule has 1 amide bonds. The van der Waals surface area contributed by atoms with Gasteiger partial charge in [-0.25, -0.2) is 0 Å². The molecule has 0 aliphatic carbocycles. The van der Waals surface area contributed by atoms with E-state index in [1.165, 1.54) is 11.8 Å². The monoisotopic (exact) mass is 586 g/mol. The van der Waals surface area contributed by atoms with E-state index >= 15 is 0 Å². The molecular weight excluding hydrogens is 559 g/mol. The lowest BCUT2D eigenvalue weighted by Crippen LogP contribution is -2.27. The number of benzene rings is 3. The summed E-state index contributed by atoms with van der Waals surface area (Å²) in [5.41, 5.74) is 3.33. The SMILES string of the molecule is CCOc1ccc(N2C(=O)/C(=C\c3ccc(N(CC)CC)cc3OCc3ccc(Cl)cc3Cl)SC2=S)cc1. The fraction of sp³-hybridized carbons (Fsp3) is 0.241. The summed E-state index contributed by atoms with van der Waals surface area (Å²) in [6, 6.07) is 18.7. The number of halogens is 2. The van der Waals surface area contributed by atoms with Crippen LogP contribution in [0.2, 0.25) is 10.0 Å². The normalized spacial score (nSPS) is 14.3. The van der Waals surface area contributed by atoms with Crippen LogP contribution in [0.15, 0.2) is 65.6 Å². The predicted octanol–water partition coefficient (Wildman–Crippen LogP) is 8.22. The van der Waals surface area contributed by atoms with Crippen molar-refractivity contribution in [3.8, 4) is 11.5 Å². The van der Waals surface area contributed by atoms with E-state index in [-0.39, 0.29) is 12.5 Å². The van der Waals surface area contributed by atoms with Crippen LogP contribution < -0.4 is 19.3 Å². The molecule has 4 rings (SSSR count). The molecule has 5 nitrogen and oxygen atoms in total. The van der Waals surface area contributed by atoms with Crippen molar-refractivity contribution >= 4 is 74.9 Å². The van der Waals surface area contributed by atoms with Crippen molar-refractivity contribution in [2.45, 2.75) is 27.4 Å². The maximum absolute atomic E-state index is 13.4. The molecule has 9 heteroatoms. The van der Waals surface area contributed by atoms with Crippen molar-refractivity contribution in [2.24, 2.45) is 0 Å². The van der Waals surface area contributed by atoms with Crippen molar-refractivity contribution in [2.75, 3.05) is 29.5 Å². The van der Waals surface area contributed by atoms with Gasteiger partial charge in [-0.1, -0.05) is 53.2 Å². The minimum absolute atomic E-state index is 0.177. The molecule has 1 heterocycles. The Hall–Kier alpha value is -2.71. The maximum Gasteiger partial charge on any atom is 0.270 e. The van der Waals surface area contributed by atoms with Gasteiger partial charge in [-0.2, -0.15) is 0 Å². The van der Waals surface area contributed by atoms with Crippen LogP contribution in [0.3, 0.4) is 0 Å². The van der Waals surface area contributed by atoms with Crippen molar-refractivity contribution < 1.29 is 14.3 Å². The molecule has 3 aromatic rings. The predicted molar refractivity (Wildman–Crippen MR) is 164 cm³/mol. The van der Waals surface area contributed by atoms with Crippen LogP contribution in [0.25, 0.3) is 6.08 Å². The van der Waals surface area contributed by atoms with Crippen LogP contribution in [0, 0.1) is 0 Å². The van der Waals surface area contributed by atoms with E-state index in [0.717, 1.165) is 35.7 Å². The maximum atomic E-state index is 13.4. The Kier molecular flexibility index (Phi) is 9.60. The van der Waals surface area contributed by atoms with E-state index in [9.17, 15) is 4.79 Å². The van der Waals surface area contributed by atoms with Crippen LogP contribution in [0.4, 0.5) is 11.4 Å². The lowest BCUT2D eigenvalue weighted by molar-refractivity contribution is -0.113. The molecule has 1 saturated heterocycles. The van der Waals surface area contributed by atoms with Gasteiger partial charge < -0.3 is 14.4 Å². The molecule has 1 fully saturated rings. The number of rotatable bonds is 10. The summed E-state index contributed by atoms with van der Waals surface area (Å²) in [5, 5.41) is 1.10. The van der Waals surface area contributed by atoms with Gasteiger partial charge in [0, 0.05) is 46.0 Å². The van der Waals surface area contributed by atoms with Gasteiger partial charge in [0.2, 0.25) is 0 Å². The molecule has 3 aromatic carbocycles. The Morgan fingerprint density at radius 2 is 1.71 bits per heavy atom. The van der Waals surface area contributed by atoms with Crippen molar-refractivity contribution in [1.82, 2.24) is 0 Å². The van der Waals surface area contributed by atoms with Gasteiger partial charge in [-0.05, 0) is 75.4 Å². The van der Waals surface area contributed by atoms with Gasteiger partial charge in [0.15, 0.2) is 4.32 Å². The second-order valence-electron chi connectivity index (χ2n) is 8.36. The molecule has 0 spiro atoms. The third kappa shape index (κ3) is 6.46. The number of hydrogen-bond donors (Lipinski definition) is 0. The van der Waals surface area contributed by atoms with E-state index in [1.807, 2.05) is 61.5 Å². The van der Waals surface area contributed by atoms with Gasteiger partial charge in [-0.3, -0.25) is 9.69 Å². The van der Waals surface area contributed by atoms with E-state index in [0.29, 0.717) is 37.3 Å². The van der Waals surface area contributed by atoms with E-state index in [4.69, 9.17) is 44.9 Å². The van der Waals surface area contributed by atoms with Crippen LogP contribution in [0.5, 0.6) is 11.5 Å². The van der Waals surface area contributed by atoms with E-state index in [1.54, 1.807) is 17.0 Å². The third-order valence-corrected chi connectivity index (χ3v) is 7.90. The number of anilines is 2. The van der Waals surface area contributed by atoms with E-state index < -0.39 is 0 Å². The lowest BCUT2D eigenvalue weighted by atomic mass is 10.1. The first-order valence-electron chi connectivity index (χ1n) is 12.3. The Morgan fingerprint density at radius 3 is 2.37 bits per heavy atom. The highest BCUT2D eigenvalue weighted by Gasteiger charge is 2.33. The van der Waals surface area contributed by atoms with Gasteiger partial charge >= 0.3 is 0 Å². The van der Waals surface area contributed by atoms with Crippen molar-refractivity contribution in [1.29, 1.82) is 0 Å². The molecule has 1 aliphatic rings. The molecule has 198 valence electrons. The van der Waals surface area contributed by atoms with Gasteiger partial charge in [0.05, 0.1) is 17.2 Å². The van der Waals surface area contributed by atoms with Crippen molar-refractivity contribution in [3.05, 3.63) is 86.7 Å². The zero-order chi connectivity index (χ0) is 27.2. The average molecular weight is 588 g/mol. The first kappa shape index (κ1) is 28.3. The molecule has 0 radical (unpaired) electrons. The van der Waals surface area contributed by atoms with Crippen LogP contribution in [-0.2, 0) is 11.4 Å². The van der Waals surface area contributed by atoms with Crippen LogP contribution in [-0.4, -0.2) is 29.9 Å². The lowest BCUT2D eigenvalue weighted by Gasteiger charge is -2.22. The summed E-state index contributed by atoms with van der Waals surface area (Å²) < 4.78 is 12.3. The van der Waals surface area contributed by atoms with Crippen molar-refractivity contribution in [3.63, 3.8) is 0 Å². The molecule has 38 heavy (non-hydrogen) atoms. The molecule has 0 bridgehead atoms. The minimum atomic E-state index is -0.177. The summed E-state index contributed by atoms with van der Waals surface area (Å²) >= 11 is 19.3. The van der Waals surface area contributed by atoms with Gasteiger partial charge in [0.25, 0.3) is 5.91 Å². The first-order valence-corrected chi connectivity index (χ1v) is 14.3. The number of thiocarbonyl (C=S) groups is 1. The quantitative estimate of drug-likeness (QED) is 0.176. The molecule has 0 N–H and O–H groups in total. The Balaban J connectivity index is 1.64. The summed E-state index contributed by atoms with van der Waals surface area (Å²) in [6.07, 6.45) is 1.83. The number of nitrogens with zero attached hydrogens (tertiary/aromatic N) is 2. The molecule has 0 saturated carbocycles. The number of ether oxygens (including phenoxy) is 2. The second-order valence-corrected chi connectivity index (χ2v) is 10.9. The third-order valence-electron chi connectivity index (χ3n) is 6.01. The number of carbonyl (C=O) groups excluding carboxylic acids is 1. The topological polar surface area (TPSA) is 42.0 Å². The van der Waals surface area contributed by atoms with Crippen LogP contribution in [0.1, 0.15) is 31.9 Å². The Bertz CT molecular complexity index is 1360. The summed E-state index contributed by atoms with van der Waals surface area (Å²) in [4.78, 5) is 17.7. The fourth-order valence-electron chi connectivity index (χ4n) is 4.04. The number of amides is 1. The summed E-state index contributed by atoms with van der Waals surface area (Å²) in [5.74, 6) is 1.21. The molecule has 1 aliphatic heterocycles. The summed E-state index contributed by atoms with van der Waals surface area (Å²) in [7, 11) is 0. The standard InChI is InChI=1S/C29H28Cl2N2O3S2/c1-4-32(5-2)23-10-8-19(26(17-23)36-18-20-7-9-21(30)16-25(20)31)15-27-28(34)33(29(37)38-27)22-11-13-24(14-12-22)35-6-3/h7-17H,4-6,18H2,1-3H3/b27-15+. The zero-order valence-electron chi connectivity index (χ0n) is 21.4. The molecular formula is C29H28Cl2N2O3S2. The number of carbonyl (C=O) groups is 1. The summed E-state index contributed by atoms with van der Waals surface area (Å²) in [6.45, 7) is 8.70. The zero-order valence-corrected chi connectivity index (χ0v) is 24.5. The number of hydrogen-bond acceptors (Lipinski definition) is 6. The van der Waals surface area contributed by atoms with Gasteiger partial charge in [-0.15, -0.1) is 0 Å².